The van der Waals surface area contributed by atoms with E-state index in [-0.39, 0.29) is 11.3 Å². The summed E-state index contributed by atoms with van der Waals surface area (Å²) >= 11 is 0. The summed E-state index contributed by atoms with van der Waals surface area (Å²) in [7, 11) is 0. The summed E-state index contributed by atoms with van der Waals surface area (Å²) < 4.78 is 24.7. The first-order valence-corrected chi connectivity index (χ1v) is 11.1. The fourth-order valence-electron chi connectivity index (χ4n) is 3.65. The predicted molar refractivity (Wildman–Crippen MR) is 129 cm³/mol. The quantitative estimate of drug-likeness (QED) is 0.433. The Balaban J connectivity index is 1.72. The molecule has 3 aromatic rings. The van der Waals surface area contributed by atoms with Gasteiger partial charge in [-0.05, 0) is 67.4 Å². The van der Waals surface area contributed by atoms with Gasteiger partial charge in [-0.3, -0.25) is 9.59 Å². The molecule has 1 aliphatic rings. The highest BCUT2D eigenvalue weighted by Gasteiger charge is 2.40. The minimum absolute atomic E-state index is 0.109. The van der Waals surface area contributed by atoms with E-state index in [1.807, 2.05) is 19.9 Å². The number of hydrogen-bond acceptors (Lipinski definition) is 5. The van der Waals surface area contributed by atoms with Crippen LogP contribution in [0.15, 0.2) is 78.5 Å². The van der Waals surface area contributed by atoms with Crippen molar-refractivity contribution in [3.05, 3.63) is 89.9 Å². The van der Waals surface area contributed by atoms with Gasteiger partial charge < -0.3 is 14.8 Å². The van der Waals surface area contributed by atoms with Crippen LogP contribution in [-0.4, -0.2) is 25.0 Å². The van der Waals surface area contributed by atoms with Crippen LogP contribution in [0, 0.1) is 5.82 Å². The molecule has 34 heavy (non-hydrogen) atoms. The molecule has 174 valence electrons. The van der Waals surface area contributed by atoms with E-state index in [9.17, 15) is 14.0 Å². The monoisotopic (exact) mass is 460 g/mol. The van der Waals surface area contributed by atoms with Crippen LogP contribution in [0.5, 0.6) is 11.5 Å². The zero-order valence-corrected chi connectivity index (χ0v) is 19.0. The predicted octanol–water partition coefficient (Wildman–Crippen LogP) is 5.41. The number of carbonyl (C=O) groups excluding carboxylic acids is 2. The zero-order valence-electron chi connectivity index (χ0n) is 19.0. The summed E-state index contributed by atoms with van der Waals surface area (Å²) in [4.78, 5) is 28.1. The van der Waals surface area contributed by atoms with Crippen LogP contribution in [0.25, 0.3) is 5.57 Å². The van der Waals surface area contributed by atoms with Crippen LogP contribution in [0.3, 0.4) is 0 Å². The van der Waals surface area contributed by atoms with E-state index in [4.69, 9.17) is 9.47 Å². The Labute approximate surface area is 197 Å². The minimum atomic E-state index is -0.506. The molecule has 0 atom stereocenters. The lowest BCUT2D eigenvalue weighted by Gasteiger charge is -2.16. The molecule has 0 unspecified atom stereocenters. The molecule has 0 spiro atoms. The topological polar surface area (TPSA) is 67.9 Å². The molecule has 0 bridgehead atoms. The Morgan fingerprint density at radius 1 is 0.853 bits per heavy atom. The van der Waals surface area contributed by atoms with Gasteiger partial charge in [0, 0.05) is 11.8 Å². The van der Waals surface area contributed by atoms with Crippen molar-refractivity contribution < 1.29 is 23.5 Å². The fraction of sp³-hybridized carbons (Fsp3) is 0.185. The second-order valence-electron chi connectivity index (χ2n) is 7.63. The summed E-state index contributed by atoms with van der Waals surface area (Å²) in [6, 6.07) is 19.4. The van der Waals surface area contributed by atoms with Gasteiger partial charge in [-0.2, -0.15) is 0 Å². The van der Waals surface area contributed by atoms with Gasteiger partial charge in [0.05, 0.1) is 24.5 Å². The number of hydrogen-bond donors (Lipinski definition) is 1. The summed E-state index contributed by atoms with van der Waals surface area (Å²) in [5.41, 5.74) is 1.72. The Hall–Kier alpha value is -4.13. The molecule has 1 N–H and O–H groups in total. The van der Waals surface area contributed by atoms with Gasteiger partial charge in [-0.25, -0.2) is 9.29 Å². The first-order valence-electron chi connectivity index (χ1n) is 11.1. The standard InChI is InChI=1S/C27H25FN2O4/c1-3-16-34-23-7-5-6-20(17-23)29-25-24(18-8-10-19(28)11-9-18)26(31)30(27(25)32)21-12-14-22(15-13-21)33-4-2/h5-15,17,29H,3-4,16H2,1-2H3. The molecule has 0 radical (unpaired) electrons. The molecule has 1 aliphatic heterocycles. The first kappa shape index (κ1) is 23.0. The molecule has 0 fully saturated rings. The van der Waals surface area contributed by atoms with Gasteiger partial charge in [0.1, 0.15) is 23.0 Å². The molecule has 3 aromatic carbocycles. The van der Waals surface area contributed by atoms with Crippen molar-refractivity contribution in [3.63, 3.8) is 0 Å². The van der Waals surface area contributed by atoms with E-state index in [2.05, 4.69) is 5.32 Å². The van der Waals surface area contributed by atoms with E-state index >= 15 is 0 Å². The Morgan fingerprint density at radius 2 is 1.59 bits per heavy atom. The van der Waals surface area contributed by atoms with E-state index in [1.54, 1.807) is 42.5 Å². The van der Waals surface area contributed by atoms with Gasteiger partial charge >= 0.3 is 0 Å². The number of nitrogens with one attached hydrogen (secondary N) is 1. The maximum absolute atomic E-state index is 13.6. The highest BCUT2D eigenvalue weighted by Crippen LogP contribution is 2.35. The van der Waals surface area contributed by atoms with Crippen LogP contribution >= 0.6 is 0 Å². The number of benzene rings is 3. The van der Waals surface area contributed by atoms with Gasteiger partial charge in [0.2, 0.25) is 0 Å². The SMILES string of the molecule is CCCOc1cccc(NC2=C(c3ccc(F)cc3)C(=O)N(c3ccc(OCC)cc3)C2=O)c1. The highest BCUT2D eigenvalue weighted by molar-refractivity contribution is 6.46. The summed E-state index contributed by atoms with van der Waals surface area (Å²) in [6.07, 6.45) is 0.863. The number of halogens is 1. The third kappa shape index (κ3) is 4.78. The second-order valence-corrected chi connectivity index (χ2v) is 7.63. The molecule has 0 saturated carbocycles. The molecule has 4 rings (SSSR count). The fourth-order valence-corrected chi connectivity index (χ4v) is 3.65. The summed E-state index contributed by atoms with van der Waals surface area (Å²) in [5, 5.41) is 3.10. The van der Waals surface area contributed by atoms with Gasteiger partial charge in [-0.1, -0.05) is 25.1 Å². The molecule has 6 nitrogen and oxygen atoms in total. The van der Waals surface area contributed by atoms with Crippen molar-refractivity contribution in [2.24, 2.45) is 0 Å². The Kier molecular flexibility index (Phi) is 6.92. The third-order valence-corrected chi connectivity index (χ3v) is 5.20. The van der Waals surface area contributed by atoms with E-state index in [0.29, 0.717) is 41.7 Å². The third-order valence-electron chi connectivity index (χ3n) is 5.20. The van der Waals surface area contributed by atoms with E-state index < -0.39 is 17.6 Å². The van der Waals surface area contributed by atoms with E-state index in [1.165, 1.54) is 24.3 Å². The lowest BCUT2D eigenvalue weighted by Crippen LogP contribution is -2.32. The second kappa shape index (κ2) is 10.2. The lowest BCUT2D eigenvalue weighted by molar-refractivity contribution is -0.120. The maximum Gasteiger partial charge on any atom is 0.282 e. The number of anilines is 2. The normalized spacial score (nSPS) is 13.4. The highest BCUT2D eigenvalue weighted by atomic mass is 19.1. The molecule has 2 amide bonds. The number of amides is 2. The van der Waals surface area contributed by atoms with Crippen molar-refractivity contribution in [2.45, 2.75) is 20.3 Å². The van der Waals surface area contributed by atoms with Gasteiger partial charge in [-0.15, -0.1) is 0 Å². The minimum Gasteiger partial charge on any atom is -0.494 e. The first-order chi connectivity index (χ1) is 16.5. The molecule has 0 aliphatic carbocycles. The Bertz CT molecular complexity index is 1220. The zero-order chi connectivity index (χ0) is 24.1. The maximum atomic E-state index is 13.6. The number of nitrogens with zero attached hydrogens (tertiary/aromatic N) is 1. The molecular formula is C27H25FN2O4. The van der Waals surface area contributed by atoms with Crippen LogP contribution in [0.1, 0.15) is 25.8 Å². The van der Waals surface area contributed by atoms with Gasteiger partial charge in [0.25, 0.3) is 11.8 Å². The average molecular weight is 461 g/mol. The number of ether oxygens (including phenoxy) is 2. The average Bonchev–Trinajstić information content (AvgIpc) is 3.08. The van der Waals surface area contributed by atoms with Crippen LogP contribution in [-0.2, 0) is 9.59 Å². The largest absolute Gasteiger partial charge is 0.494 e. The van der Waals surface area contributed by atoms with Crippen molar-refractivity contribution in [1.82, 2.24) is 0 Å². The number of carbonyl (C=O) groups is 2. The van der Waals surface area contributed by atoms with Crippen molar-refractivity contribution in [3.8, 4) is 11.5 Å². The van der Waals surface area contributed by atoms with E-state index in [0.717, 1.165) is 11.3 Å². The Morgan fingerprint density at radius 3 is 2.26 bits per heavy atom. The van der Waals surface area contributed by atoms with Crippen molar-refractivity contribution >= 4 is 28.8 Å². The van der Waals surface area contributed by atoms with Crippen LogP contribution in [0.2, 0.25) is 0 Å². The molecular weight excluding hydrogens is 435 g/mol. The molecule has 0 aromatic heterocycles. The van der Waals surface area contributed by atoms with Crippen LogP contribution < -0.4 is 19.7 Å². The van der Waals surface area contributed by atoms with Crippen molar-refractivity contribution in [2.75, 3.05) is 23.4 Å². The number of imide groups is 1. The molecule has 7 heteroatoms. The molecule has 0 saturated heterocycles. The van der Waals surface area contributed by atoms with Gasteiger partial charge in [0.15, 0.2) is 0 Å². The summed E-state index contributed by atoms with van der Waals surface area (Å²) in [6.45, 7) is 4.96. The smallest absolute Gasteiger partial charge is 0.282 e. The van der Waals surface area contributed by atoms with Crippen molar-refractivity contribution in [1.29, 1.82) is 0 Å². The summed E-state index contributed by atoms with van der Waals surface area (Å²) in [5.74, 6) is -0.148. The molecule has 1 heterocycles. The number of rotatable bonds is 9. The lowest BCUT2D eigenvalue weighted by atomic mass is 10.0. The van der Waals surface area contributed by atoms with Crippen LogP contribution in [0.4, 0.5) is 15.8 Å².